The first-order chi connectivity index (χ1) is 8.19. The Balaban J connectivity index is 2.23. The zero-order chi connectivity index (χ0) is 12.3. The minimum Gasteiger partial charge on any atom is -0.497 e. The number of hydrogen-bond donors (Lipinski definition) is 1. The van der Waals surface area contributed by atoms with Crippen LogP contribution in [0.3, 0.4) is 0 Å². The molecule has 0 amide bonds. The second kappa shape index (κ2) is 4.62. The van der Waals surface area contributed by atoms with Gasteiger partial charge in [-0.3, -0.25) is 4.68 Å². The molecule has 0 saturated heterocycles. The van der Waals surface area contributed by atoms with E-state index in [4.69, 9.17) is 10.5 Å². The van der Waals surface area contributed by atoms with Crippen molar-refractivity contribution in [3.8, 4) is 17.6 Å². The van der Waals surface area contributed by atoms with E-state index in [1.165, 1.54) is 0 Å². The Morgan fingerprint density at radius 2 is 1.94 bits per heavy atom. The molecule has 2 aromatic rings. The van der Waals surface area contributed by atoms with Gasteiger partial charge in [-0.1, -0.05) is 11.8 Å². The van der Waals surface area contributed by atoms with Gasteiger partial charge >= 0.3 is 0 Å². The maximum atomic E-state index is 5.70. The van der Waals surface area contributed by atoms with Crippen molar-refractivity contribution in [1.29, 1.82) is 0 Å². The molecule has 0 spiro atoms. The summed E-state index contributed by atoms with van der Waals surface area (Å²) in [4.78, 5) is 0. The number of aryl methyl sites for hydroxylation is 1. The average Bonchev–Trinajstić information content (AvgIpc) is 2.66. The number of ether oxygens (including phenoxy) is 1. The molecule has 0 unspecified atom stereocenters. The molecule has 1 aromatic heterocycles. The summed E-state index contributed by atoms with van der Waals surface area (Å²) in [5.74, 6) is 7.28. The highest BCUT2D eigenvalue weighted by Crippen LogP contribution is 2.11. The van der Waals surface area contributed by atoms with Crippen molar-refractivity contribution >= 4 is 5.82 Å². The van der Waals surface area contributed by atoms with E-state index >= 15 is 0 Å². The zero-order valence-corrected chi connectivity index (χ0v) is 9.77. The molecule has 0 saturated carbocycles. The summed E-state index contributed by atoms with van der Waals surface area (Å²) in [7, 11) is 3.45. The van der Waals surface area contributed by atoms with Gasteiger partial charge in [-0.25, -0.2) is 0 Å². The van der Waals surface area contributed by atoms with Crippen molar-refractivity contribution in [3.63, 3.8) is 0 Å². The third kappa shape index (κ3) is 2.58. The van der Waals surface area contributed by atoms with Gasteiger partial charge in [0, 0.05) is 18.8 Å². The van der Waals surface area contributed by atoms with Gasteiger partial charge in [0.25, 0.3) is 0 Å². The van der Waals surface area contributed by atoms with Crippen LogP contribution in [-0.2, 0) is 7.05 Å². The topological polar surface area (TPSA) is 53.1 Å². The number of nitrogen functional groups attached to an aromatic ring is 1. The number of hydrogen-bond acceptors (Lipinski definition) is 3. The second-order valence-corrected chi connectivity index (χ2v) is 3.58. The molecule has 1 heterocycles. The summed E-state index contributed by atoms with van der Waals surface area (Å²) in [5.41, 5.74) is 7.35. The predicted octanol–water partition coefficient (Wildman–Crippen LogP) is 1.41. The number of nitrogens with zero attached hydrogens (tertiary/aromatic N) is 2. The van der Waals surface area contributed by atoms with Gasteiger partial charge in [0.1, 0.15) is 5.75 Å². The smallest absolute Gasteiger partial charge is 0.161 e. The molecular formula is C13H13N3O. The maximum Gasteiger partial charge on any atom is 0.161 e. The molecule has 1 aromatic carbocycles. The van der Waals surface area contributed by atoms with Crippen LogP contribution in [0.1, 0.15) is 11.1 Å². The molecule has 0 atom stereocenters. The van der Waals surface area contributed by atoms with Gasteiger partial charge in [-0.05, 0) is 24.3 Å². The van der Waals surface area contributed by atoms with Crippen LogP contribution < -0.4 is 10.5 Å². The van der Waals surface area contributed by atoms with Gasteiger partial charge < -0.3 is 10.5 Å². The van der Waals surface area contributed by atoms with Gasteiger partial charge in [0.2, 0.25) is 0 Å². The van der Waals surface area contributed by atoms with Crippen molar-refractivity contribution in [2.24, 2.45) is 7.05 Å². The highest BCUT2D eigenvalue weighted by Gasteiger charge is 1.99. The van der Waals surface area contributed by atoms with Crippen LogP contribution in [0.2, 0.25) is 0 Å². The number of rotatable bonds is 1. The van der Waals surface area contributed by atoms with Crippen LogP contribution >= 0.6 is 0 Å². The van der Waals surface area contributed by atoms with Crippen molar-refractivity contribution < 1.29 is 4.74 Å². The maximum absolute atomic E-state index is 5.70. The van der Waals surface area contributed by atoms with E-state index in [-0.39, 0.29) is 0 Å². The molecule has 2 rings (SSSR count). The lowest BCUT2D eigenvalue weighted by molar-refractivity contribution is 0.415. The summed E-state index contributed by atoms with van der Waals surface area (Å²) in [5, 5.41) is 4.02. The van der Waals surface area contributed by atoms with Crippen LogP contribution in [0.4, 0.5) is 5.82 Å². The first-order valence-corrected chi connectivity index (χ1v) is 5.14. The zero-order valence-electron chi connectivity index (χ0n) is 9.77. The third-order valence-electron chi connectivity index (χ3n) is 2.29. The number of benzene rings is 1. The lowest BCUT2D eigenvalue weighted by Gasteiger charge is -1.97. The standard InChI is InChI=1S/C13H13N3O/c1-16-9-11(13(14)15-16)6-3-10-4-7-12(17-2)8-5-10/h4-5,7-9H,1-2H3,(H2,14,15). The van der Waals surface area contributed by atoms with E-state index in [1.54, 1.807) is 18.0 Å². The molecule has 17 heavy (non-hydrogen) atoms. The molecule has 86 valence electrons. The fourth-order valence-corrected chi connectivity index (χ4v) is 1.42. The Kier molecular flexibility index (Phi) is 3.01. The number of methoxy groups -OCH3 is 1. The van der Waals surface area contributed by atoms with Crippen LogP contribution in [0.5, 0.6) is 5.75 Å². The number of aromatic nitrogens is 2. The average molecular weight is 227 g/mol. The molecule has 0 aliphatic rings. The minimum absolute atomic E-state index is 0.452. The largest absolute Gasteiger partial charge is 0.497 e. The fourth-order valence-electron chi connectivity index (χ4n) is 1.42. The molecule has 4 nitrogen and oxygen atoms in total. The normalized spacial score (nSPS) is 9.53. The Bertz CT molecular complexity index is 573. The molecular weight excluding hydrogens is 214 g/mol. The fraction of sp³-hybridized carbons (Fsp3) is 0.154. The molecule has 0 bridgehead atoms. The molecule has 0 fully saturated rings. The Labute approximate surface area is 100 Å². The molecule has 0 radical (unpaired) electrons. The van der Waals surface area contributed by atoms with Crippen LogP contribution in [0.25, 0.3) is 0 Å². The highest BCUT2D eigenvalue weighted by molar-refractivity contribution is 5.52. The Morgan fingerprint density at radius 3 is 2.47 bits per heavy atom. The lowest BCUT2D eigenvalue weighted by atomic mass is 10.2. The SMILES string of the molecule is COc1ccc(C#Cc2cn(C)nc2N)cc1. The van der Waals surface area contributed by atoms with E-state index in [2.05, 4.69) is 16.9 Å². The third-order valence-corrected chi connectivity index (χ3v) is 2.29. The van der Waals surface area contributed by atoms with E-state index < -0.39 is 0 Å². The van der Waals surface area contributed by atoms with Gasteiger partial charge in [-0.2, -0.15) is 5.10 Å². The van der Waals surface area contributed by atoms with Crippen molar-refractivity contribution in [2.75, 3.05) is 12.8 Å². The van der Waals surface area contributed by atoms with Crippen molar-refractivity contribution in [3.05, 3.63) is 41.6 Å². The van der Waals surface area contributed by atoms with Gasteiger partial charge in [0.15, 0.2) is 5.82 Å². The lowest BCUT2D eigenvalue weighted by Crippen LogP contribution is -1.90. The summed E-state index contributed by atoms with van der Waals surface area (Å²) in [6.45, 7) is 0. The van der Waals surface area contributed by atoms with Gasteiger partial charge in [-0.15, -0.1) is 0 Å². The van der Waals surface area contributed by atoms with E-state index in [1.807, 2.05) is 31.3 Å². The summed E-state index contributed by atoms with van der Waals surface area (Å²) < 4.78 is 6.72. The summed E-state index contributed by atoms with van der Waals surface area (Å²) >= 11 is 0. The molecule has 0 aliphatic carbocycles. The summed E-state index contributed by atoms with van der Waals surface area (Å²) in [6.07, 6.45) is 1.80. The monoisotopic (exact) mass is 227 g/mol. The quantitative estimate of drug-likeness (QED) is 0.749. The Morgan fingerprint density at radius 1 is 1.24 bits per heavy atom. The summed E-state index contributed by atoms with van der Waals surface area (Å²) in [6, 6.07) is 7.55. The van der Waals surface area contributed by atoms with Gasteiger partial charge in [0.05, 0.1) is 12.7 Å². The number of nitrogens with two attached hydrogens (primary N) is 1. The van der Waals surface area contributed by atoms with Crippen LogP contribution in [-0.4, -0.2) is 16.9 Å². The Hall–Kier alpha value is -2.41. The predicted molar refractivity (Wildman–Crippen MR) is 66.6 cm³/mol. The number of anilines is 1. The molecule has 0 aliphatic heterocycles. The van der Waals surface area contributed by atoms with Crippen LogP contribution in [0, 0.1) is 11.8 Å². The minimum atomic E-state index is 0.452. The first-order valence-electron chi connectivity index (χ1n) is 5.14. The van der Waals surface area contributed by atoms with Crippen molar-refractivity contribution in [1.82, 2.24) is 9.78 Å². The van der Waals surface area contributed by atoms with E-state index in [0.29, 0.717) is 5.82 Å². The van der Waals surface area contributed by atoms with E-state index in [9.17, 15) is 0 Å². The highest BCUT2D eigenvalue weighted by atomic mass is 16.5. The van der Waals surface area contributed by atoms with Crippen LogP contribution in [0.15, 0.2) is 30.5 Å². The van der Waals surface area contributed by atoms with E-state index in [0.717, 1.165) is 16.9 Å². The second-order valence-electron chi connectivity index (χ2n) is 3.58. The molecule has 2 N–H and O–H groups in total. The first kappa shape index (κ1) is 11.1. The van der Waals surface area contributed by atoms with Crippen molar-refractivity contribution in [2.45, 2.75) is 0 Å². The molecule has 4 heteroatoms.